The molecular formula is C8H8NOS+. The summed E-state index contributed by atoms with van der Waals surface area (Å²) in [5.41, 5.74) is 2.89. The van der Waals surface area contributed by atoms with Crippen molar-refractivity contribution in [3.05, 3.63) is 29.8 Å². The number of nitrogens with zero attached hydrogens (tertiary/aromatic N) is 1. The van der Waals surface area contributed by atoms with E-state index in [2.05, 4.69) is 11.1 Å². The zero-order valence-electron chi connectivity index (χ0n) is 6.15. The van der Waals surface area contributed by atoms with E-state index in [1.807, 2.05) is 23.7 Å². The summed E-state index contributed by atoms with van der Waals surface area (Å²) in [6, 6.07) is 8.04. The van der Waals surface area contributed by atoms with Gasteiger partial charge in [0.15, 0.2) is 10.8 Å². The minimum atomic E-state index is -0.201. The molecule has 1 aromatic carbocycles. The first kappa shape index (κ1) is 6.76. The number of thiazole rings is 1. The molecule has 3 heteroatoms. The van der Waals surface area contributed by atoms with Gasteiger partial charge in [-0.25, -0.2) is 0 Å². The summed E-state index contributed by atoms with van der Waals surface area (Å²) in [4.78, 5) is 4.21. The van der Waals surface area contributed by atoms with Gasteiger partial charge in [-0.3, -0.25) is 0 Å². The molecule has 0 saturated carbocycles. The zero-order valence-corrected chi connectivity index (χ0v) is 6.97. The van der Waals surface area contributed by atoms with Crippen molar-refractivity contribution >= 4 is 21.0 Å². The van der Waals surface area contributed by atoms with Crippen LogP contribution in [0.25, 0.3) is 10.2 Å². The number of para-hydroxylation sites is 1. The van der Waals surface area contributed by atoms with Crippen molar-refractivity contribution in [2.75, 3.05) is 7.11 Å². The Kier molecular flexibility index (Phi) is 1.60. The van der Waals surface area contributed by atoms with Gasteiger partial charge in [-0.15, -0.1) is 0 Å². The van der Waals surface area contributed by atoms with Crippen molar-refractivity contribution in [2.24, 2.45) is 0 Å². The second-order valence-electron chi connectivity index (χ2n) is 2.17. The fourth-order valence-corrected chi connectivity index (χ4v) is 2.16. The summed E-state index contributed by atoms with van der Waals surface area (Å²) >= 11 is 0. The average Bonchev–Trinajstić information content (AvgIpc) is 2.47. The number of hydrogen-bond acceptors (Lipinski definition) is 2. The van der Waals surface area contributed by atoms with Gasteiger partial charge in [0.05, 0.1) is 7.11 Å². The maximum atomic E-state index is 5.22. The van der Waals surface area contributed by atoms with Crippen molar-refractivity contribution in [3.63, 3.8) is 0 Å². The lowest BCUT2D eigenvalue weighted by molar-refractivity contribution is 0.552. The molecule has 0 radical (unpaired) electrons. The maximum absolute atomic E-state index is 5.22. The largest absolute Gasteiger partial charge is 0.267 e. The van der Waals surface area contributed by atoms with E-state index >= 15 is 0 Å². The van der Waals surface area contributed by atoms with Crippen molar-refractivity contribution in [1.29, 1.82) is 0 Å². The Morgan fingerprint density at radius 3 is 3.00 bits per heavy atom. The molecule has 0 spiro atoms. The van der Waals surface area contributed by atoms with Gasteiger partial charge in [-0.05, 0) is 6.07 Å². The highest BCUT2D eigenvalue weighted by molar-refractivity contribution is 7.31. The van der Waals surface area contributed by atoms with Gasteiger partial charge in [-0.1, -0.05) is 12.1 Å². The van der Waals surface area contributed by atoms with Crippen molar-refractivity contribution in [1.82, 2.24) is 4.98 Å². The summed E-state index contributed by atoms with van der Waals surface area (Å²) in [5, 5.41) is 0. The minimum Gasteiger partial charge on any atom is -0.197 e. The standard InChI is InChI=1S/C8H8NOS/c1-10-11-6-9-7-4-2-3-5-8(7)11/h2-6H,1H3/q+1. The maximum Gasteiger partial charge on any atom is 0.267 e. The number of aromatic nitrogens is 1. The molecule has 0 aliphatic heterocycles. The van der Waals surface area contributed by atoms with Crippen molar-refractivity contribution in [3.8, 4) is 0 Å². The topological polar surface area (TPSA) is 22.1 Å². The zero-order chi connectivity index (χ0) is 7.68. The van der Waals surface area contributed by atoms with E-state index in [-0.39, 0.29) is 10.8 Å². The van der Waals surface area contributed by atoms with Crippen LogP contribution in [-0.4, -0.2) is 12.1 Å². The lowest BCUT2D eigenvalue weighted by atomic mass is 10.3. The Morgan fingerprint density at radius 2 is 2.18 bits per heavy atom. The van der Waals surface area contributed by atoms with Crippen LogP contribution < -0.4 is 4.18 Å². The minimum absolute atomic E-state index is 0.201. The molecule has 0 N–H and O–H groups in total. The molecule has 1 heterocycles. The molecule has 2 aromatic rings. The van der Waals surface area contributed by atoms with E-state index in [0.29, 0.717) is 0 Å². The molecule has 0 amide bonds. The Hall–Kier alpha value is -0.930. The van der Waals surface area contributed by atoms with E-state index in [1.165, 1.54) is 4.70 Å². The van der Waals surface area contributed by atoms with E-state index in [0.717, 1.165) is 5.52 Å². The first-order chi connectivity index (χ1) is 5.42. The average molecular weight is 166 g/mol. The van der Waals surface area contributed by atoms with E-state index in [4.69, 9.17) is 4.18 Å². The highest BCUT2D eigenvalue weighted by atomic mass is 32.2. The third-order valence-electron chi connectivity index (χ3n) is 1.55. The summed E-state index contributed by atoms with van der Waals surface area (Å²) in [7, 11) is 1.50. The quantitative estimate of drug-likeness (QED) is 0.605. The van der Waals surface area contributed by atoms with Gasteiger partial charge in [0.25, 0.3) is 5.51 Å². The summed E-state index contributed by atoms with van der Waals surface area (Å²) < 4.78 is 6.41. The molecule has 11 heavy (non-hydrogen) atoms. The fourth-order valence-electron chi connectivity index (χ4n) is 1.03. The lowest BCUT2D eigenvalue weighted by Crippen LogP contribution is -1.76. The summed E-state index contributed by atoms with van der Waals surface area (Å²) in [5.74, 6) is 0. The van der Waals surface area contributed by atoms with Crippen LogP contribution in [0.2, 0.25) is 0 Å². The van der Waals surface area contributed by atoms with Crippen molar-refractivity contribution < 1.29 is 4.18 Å². The smallest absolute Gasteiger partial charge is 0.197 e. The molecule has 2 rings (SSSR count). The van der Waals surface area contributed by atoms with Gasteiger partial charge < -0.3 is 0 Å². The van der Waals surface area contributed by atoms with Gasteiger partial charge in [0, 0.05) is 6.07 Å². The first-order valence-corrected chi connectivity index (χ1v) is 4.54. The lowest BCUT2D eigenvalue weighted by Gasteiger charge is -1.80. The van der Waals surface area contributed by atoms with Gasteiger partial charge in [0.2, 0.25) is 4.70 Å². The van der Waals surface area contributed by atoms with Gasteiger partial charge in [0.1, 0.15) is 5.52 Å². The Bertz CT molecular complexity index is 369. The number of rotatable bonds is 1. The number of benzene rings is 1. The van der Waals surface area contributed by atoms with Crippen LogP contribution in [0, 0.1) is 0 Å². The normalized spacial score (nSPS) is 12.3. The summed E-state index contributed by atoms with van der Waals surface area (Å²) in [6.07, 6.45) is 0. The van der Waals surface area contributed by atoms with Crippen LogP contribution in [0.5, 0.6) is 0 Å². The molecule has 0 bridgehead atoms. The molecule has 0 saturated heterocycles. The monoisotopic (exact) mass is 166 g/mol. The summed E-state index contributed by atoms with van der Waals surface area (Å²) in [6.45, 7) is 0. The Morgan fingerprint density at radius 1 is 1.36 bits per heavy atom. The van der Waals surface area contributed by atoms with Gasteiger partial charge in [-0.2, -0.15) is 9.17 Å². The predicted molar refractivity (Wildman–Crippen MR) is 46.7 cm³/mol. The second kappa shape index (κ2) is 2.60. The second-order valence-corrected chi connectivity index (χ2v) is 3.75. The number of fused-ring (bicyclic) bond motifs is 1. The molecule has 0 fully saturated rings. The van der Waals surface area contributed by atoms with Crippen LogP contribution in [-0.2, 0) is 0 Å². The third-order valence-corrected chi connectivity index (χ3v) is 2.98. The van der Waals surface area contributed by atoms with Crippen LogP contribution in [0.15, 0.2) is 29.8 Å². The van der Waals surface area contributed by atoms with E-state index < -0.39 is 0 Å². The van der Waals surface area contributed by atoms with Crippen LogP contribution >= 0.6 is 10.8 Å². The van der Waals surface area contributed by atoms with E-state index in [9.17, 15) is 0 Å². The molecule has 56 valence electrons. The fraction of sp³-hybridized carbons (Fsp3) is 0.125. The molecule has 0 aliphatic carbocycles. The van der Waals surface area contributed by atoms with Gasteiger partial charge >= 0.3 is 0 Å². The van der Waals surface area contributed by atoms with Crippen molar-refractivity contribution in [2.45, 2.75) is 0 Å². The Labute approximate surface area is 67.6 Å². The first-order valence-electron chi connectivity index (χ1n) is 3.32. The predicted octanol–water partition coefficient (Wildman–Crippen LogP) is 2.04. The Balaban J connectivity index is 2.76. The third kappa shape index (κ3) is 1.02. The van der Waals surface area contributed by atoms with E-state index in [1.54, 1.807) is 7.11 Å². The molecule has 0 aliphatic rings. The SMILES string of the molecule is CO[s+]1cnc2ccccc21. The molecule has 2 nitrogen and oxygen atoms in total. The number of hydrogen-bond donors (Lipinski definition) is 0. The molecule has 1 aromatic heterocycles. The van der Waals surface area contributed by atoms with Crippen LogP contribution in [0.3, 0.4) is 0 Å². The van der Waals surface area contributed by atoms with Crippen LogP contribution in [0.1, 0.15) is 0 Å². The molecular weight excluding hydrogens is 158 g/mol. The van der Waals surface area contributed by atoms with Crippen LogP contribution in [0.4, 0.5) is 0 Å². The molecule has 1 unspecified atom stereocenters. The molecule has 1 atom stereocenters. The highest BCUT2D eigenvalue weighted by Crippen LogP contribution is 2.25. The highest BCUT2D eigenvalue weighted by Gasteiger charge is 2.11.